The highest BCUT2D eigenvalue weighted by atomic mass is 16.5. The minimum absolute atomic E-state index is 0.104. The molecule has 0 spiro atoms. The Morgan fingerprint density at radius 1 is 0.772 bits per heavy atom. The van der Waals surface area contributed by atoms with Crippen molar-refractivity contribution in [2.24, 2.45) is 17.8 Å². The Morgan fingerprint density at radius 3 is 1.91 bits per heavy atom. The second kappa shape index (κ2) is 15.2. The second-order valence-corrected chi connectivity index (χ2v) is 16.2. The third-order valence-corrected chi connectivity index (χ3v) is 12.0. The first-order valence-electron chi connectivity index (χ1n) is 19.8. The minimum atomic E-state index is -0.705. The van der Waals surface area contributed by atoms with Crippen molar-refractivity contribution in [3.05, 3.63) is 60.4 Å². The summed E-state index contributed by atoms with van der Waals surface area (Å²) in [6.07, 6.45) is 6.80. The lowest BCUT2D eigenvalue weighted by atomic mass is 9.95. The van der Waals surface area contributed by atoms with E-state index in [2.05, 4.69) is 26.7 Å². The Balaban J connectivity index is 1.02. The number of carbonyl (C=O) groups is 4. The lowest BCUT2D eigenvalue weighted by Gasteiger charge is -2.37. The van der Waals surface area contributed by atoms with E-state index in [0.29, 0.717) is 12.4 Å². The first-order chi connectivity index (χ1) is 27.4. The van der Waals surface area contributed by atoms with Gasteiger partial charge in [-0.1, -0.05) is 39.8 Å². The molecule has 5 aromatic rings. The van der Waals surface area contributed by atoms with E-state index in [4.69, 9.17) is 23.9 Å². The van der Waals surface area contributed by atoms with Gasteiger partial charge in [0.2, 0.25) is 11.8 Å². The summed E-state index contributed by atoms with van der Waals surface area (Å²) in [4.78, 5) is 72.0. The van der Waals surface area contributed by atoms with E-state index in [1.54, 1.807) is 11.1 Å². The normalized spacial score (nSPS) is 21.5. The average molecular weight is 779 g/mol. The van der Waals surface area contributed by atoms with Gasteiger partial charge >= 0.3 is 12.2 Å². The fraction of sp³-hybridized carbons (Fsp3) is 0.476. The summed E-state index contributed by atoms with van der Waals surface area (Å²) >= 11 is 0. The molecule has 2 saturated heterocycles. The number of carbonyl (C=O) groups excluding carboxylic acids is 4. The molecular weight excluding hydrogens is 729 g/mol. The molecule has 2 bridgehead atoms. The van der Waals surface area contributed by atoms with Crippen molar-refractivity contribution in [3.63, 3.8) is 0 Å². The molecule has 4 amide bonds. The van der Waals surface area contributed by atoms with E-state index in [1.807, 2.05) is 69.1 Å². The number of nitrogens with one attached hydrogen (secondary N) is 4. The van der Waals surface area contributed by atoms with E-state index >= 15 is 0 Å². The number of benzene rings is 2. The van der Waals surface area contributed by atoms with Crippen LogP contribution in [0.1, 0.15) is 83.5 Å². The van der Waals surface area contributed by atoms with Crippen molar-refractivity contribution in [1.29, 1.82) is 0 Å². The number of methoxy groups -OCH3 is 2. The van der Waals surface area contributed by atoms with Crippen LogP contribution in [0.4, 0.5) is 9.59 Å². The van der Waals surface area contributed by atoms with Crippen molar-refractivity contribution in [3.8, 4) is 22.5 Å². The topological polar surface area (TPSA) is 188 Å². The van der Waals surface area contributed by atoms with Crippen molar-refractivity contribution in [2.75, 3.05) is 20.8 Å². The fourth-order valence-corrected chi connectivity index (χ4v) is 9.11. The molecule has 2 aliphatic heterocycles. The van der Waals surface area contributed by atoms with Gasteiger partial charge in [0.05, 0.1) is 50.1 Å². The van der Waals surface area contributed by atoms with Gasteiger partial charge in [-0.15, -0.1) is 0 Å². The van der Waals surface area contributed by atoms with Gasteiger partial charge in [-0.25, -0.2) is 19.6 Å². The Morgan fingerprint density at radius 2 is 1.33 bits per heavy atom. The number of hydrogen-bond acceptors (Lipinski definition) is 9. The van der Waals surface area contributed by atoms with Crippen molar-refractivity contribution < 1.29 is 33.1 Å². The number of alkyl carbamates (subject to hydrolysis) is 2. The maximum absolute atomic E-state index is 14.0. The highest BCUT2D eigenvalue weighted by Crippen LogP contribution is 2.50. The van der Waals surface area contributed by atoms with Gasteiger partial charge in [-0.3, -0.25) is 9.59 Å². The van der Waals surface area contributed by atoms with E-state index < -0.39 is 24.3 Å². The molecule has 15 heteroatoms. The predicted molar refractivity (Wildman–Crippen MR) is 212 cm³/mol. The lowest BCUT2D eigenvalue weighted by molar-refractivity contribution is -0.139. The van der Waals surface area contributed by atoms with Crippen LogP contribution in [-0.4, -0.2) is 92.6 Å². The summed E-state index contributed by atoms with van der Waals surface area (Å²) in [5.41, 5.74) is 4.88. The Kier molecular flexibility index (Phi) is 10.2. The zero-order valence-electron chi connectivity index (χ0n) is 33.1. The molecule has 4 N–H and O–H groups in total. The number of aromatic amines is 2. The van der Waals surface area contributed by atoms with Crippen molar-refractivity contribution >= 4 is 45.9 Å². The molecule has 300 valence electrons. The zero-order chi connectivity index (χ0) is 40.1. The summed E-state index contributed by atoms with van der Waals surface area (Å²) < 4.78 is 16.0. The summed E-state index contributed by atoms with van der Waals surface area (Å²) in [5.74, 6) is 1.22. The minimum Gasteiger partial charge on any atom is -0.456 e. The maximum atomic E-state index is 14.0. The van der Waals surface area contributed by atoms with Crippen LogP contribution in [0.15, 0.2) is 53.2 Å². The molecule has 1 unspecified atom stereocenters. The molecule has 5 heterocycles. The van der Waals surface area contributed by atoms with Crippen LogP contribution in [0, 0.1) is 17.8 Å². The standard InChI is InChI=1S/C42H50N8O7/c1-21(2)34(47-41(53)55-5)39(51)49-15-7-8-31(49)37-43-19-29(45-37)23-10-13-27-28-14-11-24(18-33(28)57-32(27)17-23)30-20-44-38(46-30)36-25-9-12-26(16-25)50(36)40(52)35(22(3)4)48-42(54)56-6/h10-11,13-14,17-22,25-26,31,34-36H,7-9,12,15-16H2,1-6H3,(H,43,45)(H,44,46)(H,47,53)(H,48,54)/t25-,26+,31-,34?,35-,36-/m0/s1. The number of piperidine rings is 1. The number of imidazole rings is 2. The molecule has 0 radical (unpaired) electrons. The Labute approximate surface area is 330 Å². The van der Waals surface area contributed by atoms with Crippen LogP contribution in [0.2, 0.25) is 0 Å². The predicted octanol–water partition coefficient (Wildman–Crippen LogP) is 6.84. The number of amides is 4. The fourth-order valence-electron chi connectivity index (χ4n) is 9.11. The smallest absolute Gasteiger partial charge is 0.407 e. The van der Waals surface area contributed by atoms with E-state index in [9.17, 15) is 19.2 Å². The van der Waals surface area contributed by atoms with Crippen LogP contribution in [-0.2, 0) is 19.1 Å². The number of furan rings is 1. The molecule has 57 heavy (non-hydrogen) atoms. The van der Waals surface area contributed by atoms with Crippen LogP contribution >= 0.6 is 0 Å². The van der Waals surface area contributed by atoms with E-state index in [0.717, 1.165) is 82.4 Å². The quantitative estimate of drug-likeness (QED) is 0.118. The van der Waals surface area contributed by atoms with Gasteiger partial charge in [0.25, 0.3) is 0 Å². The number of nitrogens with zero attached hydrogens (tertiary/aromatic N) is 4. The molecule has 2 aromatic carbocycles. The molecule has 6 atom stereocenters. The number of fused-ring (bicyclic) bond motifs is 5. The molecule has 8 rings (SSSR count). The monoisotopic (exact) mass is 778 g/mol. The lowest BCUT2D eigenvalue weighted by Crippen LogP contribution is -2.54. The largest absolute Gasteiger partial charge is 0.456 e. The summed E-state index contributed by atoms with van der Waals surface area (Å²) in [6, 6.07) is 10.4. The van der Waals surface area contributed by atoms with E-state index in [-0.39, 0.29) is 47.7 Å². The Bertz CT molecular complexity index is 2330. The number of rotatable bonds is 10. The SMILES string of the molecule is COC(=O)NC(C(=O)N1CCC[C@H]1c1ncc(-c2ccc3c(c2)oc2cc(-c4cnc([C@@H]5[C@H]6CC[C@H](C6)N5C(=O)[C@@H](NC(=O)OC)C(C)C)[nH]4)ccc23)[nH]1)C(C)C. The van der Waals surface area contributed by atoms with Crippen molar-refractivity contribution in [1.82, 2.24) is 40.4 Å². The summed E-state index contributed by atoms with van der Waals surface area (Å²) in [5, 5.41) is 7.41. The molecule has 3 aromatic heterocycles. The maximum Gasteiger partial charge on any atom is 0.407 e. The summed E-state index contributed by atoms with van der Waals surface area (Å²) in [7, 11) is 2.59. The first-order valence-corrected chi connectivity index (χ1v) is 19.8. The number of likely N-dealkylation sites (tertiary alicyclic amines) is 2. The van der Waals surface area contributed by atoms with E-state index in [1.165, 1.54) is 14.2 Å². The van der Waals surface area contributed by atoms with Crippen LogP contribution in [0.25, 0.3) is 44.5 Å². The number of hydrogen-bond donors (Lipinski definition) is 4. The van der Waals surface area contributed by atoms with Gasteiger partial charge in [0, 0.05) is 34.5 Å². The molecule has 15 nitrogen and oxygen atoms in total. The average Bonchev–Trinajstić information content (AvgIpc) is 4.07. The summed E-state index contributed by atoms with van der Waals surface area (Å²) in [6.45, 7) is 8.21. The van der Waals surface area contributed by atoms with Crippen LogP contribution < -0.4 is 10.6 Å². The Hall–Kier alpha value is -5.86. The van der Waals surface area contributed by atoms with Gasteiger partial charge in [0.15, 0.2) is 0 Å². The molecule has 3 aliphatic rings. The second-order valence-electron chi connectivity index (χ2n) is 16.2. The molecule has 1 aliphatic carbocycles. The van der Waals surface area contributed by atoms with Crippen LogP contribution in [0.3, 0.4) is 0 Å². The zero-order valence-corrected chi connectivity index (χ0v) is 33.1. The molecular formula is C42H50N8O7. The molecule has 1 saturated carbocycles. The number of aromatic nitrogens is 4. The van der Waals surface area contributed by atoms with Gasteiger partial charge in [-0.2, -0.15) is 0 Å². The van der Waals surface area contributed by atoms with Gasteiger partial charge < -0.3 is 44.3 Å². The number of ether oxygens (including phenoxy) is 2. The number of H-pyrrole nitrogens is 2. The molecule has 3 fully saturated rings. The third kappa shape index (κ3) is 6.97. The highest BCUT2D eigenvalue weighted by Gasteiger charge is 2.51. The van der Waals surface area contributed by atoms with Gasteiger partial charge in [0.1, 0.15) is 34.9 Å². The highest BCUT2D eigenvalue weighted by molar-refractivity contribution is 6.06. The third-order valence-electron chi connectivity index (χ3n) is 12.0. The van der Waals surface area contributed by atoms with Crippen LogP contribution in [0.5, 0.6) is 0 Å². The van der Waals surface area contributed by atoms with Crippen molar-refractivity contribution in [2.45, 2.75) is 90.0 Å². The van der Waals surface area contributed by atoms with Gasteiger partial charge in [-0.05, 0) is 74.1 Å². The first kappa shape index (κ1) is 38.0.